The minimum atomic E-state index is 0.00879. The van der Waals surface area contributed by atoms with Crippen LogP contribution in [0.4, 0.5) is 0 Å². The van der Waals surface area contributed by atoms with Crippen LogP contribution in [0, 0.1) is 0 Å². The number of hydrogen-bond donors (Lipinski definition) is 1. The van der Waals surface area contributed by atoms with Gasteiger partial charge in [-0.3, -0.25) is 0 Å². The Balaban J connectivity index is 2.42. The normalized spacial score (nSPS) is 11.0. The second-order valence-corrected chi connectivity index (χ2v) is 4.55. The molecule has 1 aromatic carbocycles. The summed E-state index contributed by atoms with van der Waals surface area (Å²) in [6.45, 7) is 4.25. The molecule has 2 aromatic rings. The number of aliphatic hydroxyl groups excluding tert-OH is 1. The van der Waals surface area contributed by atoms with Crippen LogP contribution in [0.15, 0.2) is 18.2 Å². The van der Waals surface area contributed by atoms with Gasteiger partial charge < -0.3 is 9.84 Å². The lowest BCUT2D eigenvalue weighted by molar-refractivity contribution is 0.296. The number of benzene rings is 1. The predicted octanol–water partition coefficient (Wildman–Crippen LogP) is 1.33. The minimum Gasteiger partial charge on any atom is -0.494 e. The number of aromatic nitrogens is 4. The SMILES string of the molecule is COc1ccc(C(C)C)cc1-n1nnc(CCO)n1. The summed E-state index contributed by atoms with van der Waals surface area (Å²) in [5, 5.41) is 21.0. The molecule has 0 atom stereocenters. The molecule has 2 rings (SSSR count). The van der Waals surface area contributed by atoms with Gasteiger partial charge in [-0.1, -0.05) is 19.9 Å². The Hall–Kier alpha value is -1.95. The predicted molar refractivity (Wildman–Crippen MR) is 70.6 cm³/mol. The van der Waals surface area contributed by atoms with Gasteiger partial charge in [0.2, 0.25) is 0 Å². The van der Waals surface area contributed by atoms with Crippen LogP contribution < -0.4 is 4.74 Å². The van der Waals surface area contributed by atoms with E-state index in [2.05, 4.69) is 29.3 Å². The fourth-order valence-electron chi connectivity index (χ4n) is 1.77. The van der Waals surface area contributed by atoms with Crippen molar-refractivity contribution in [2.75, 3.05) is 13.7 Å². The monoisotopic (exact) mass is 262 g/mol. The van der Waals surface area contributed by atoms with Gasteiger partial charge in [0.25, 0.3) is 0 Å². The first-order chi connectivity index (χ1) is 9.15. The number of methoxy groups -OCH3 is 1. The van der Waals surface area contributed by atoms with E-state index in [1.807, 2.05) is 18.2 Å². The maximum Gasteiger partial charge on any atom is 0.177 e. The van der Waals surface area contributed by atoms with E-state index in [-0.39, 0.29) is 6.61 Å². The molecule has 0 aliphatic carbocycles. The molecule has 0 bridgehead atoms. The fraction of sp³-hybridized carbons (Fsp3) is 0.462. The smallest absolute Gasteiger partial charge is 0.177 e. The molecular formula is C13H18N4O2. The molecular weight excluding hydrogens is 244 g/mol. The number of rotatable bonds is 5. The van der Waals surface area contributed by atoms with Gasteiger partial charge in [-0.25, -0.2) is 0 Å². The molecule has 0 fully saturated rings. The summed E-state index contributed by atoms with van der Waals surface area (Å²) >= 11 is 0. The lowest BCUT2D eigenvalue weighted by Crippen LogP contribution is -2.04. The Morgan fingerprint density at radius 2 is 2.16 bits per heavy atom. The van der Waals surface area contributed by atoms with Crippen molar-refractivity contribution in [2.24, 2.45) is 0 Å². The summed E-state index contributed by atoms with van der Waals surface area (Å²) in [6.07, 6.45) is 0.395. The number of ether oxygens (including phenoxy) is 1. The molecule has 0 saturated heterocycles. The third kappa shape index (κ3) is 2.90. The van der Waals surface area contributed by atoms with E-state index in [1.165, 1.54) is 10.4 Å². The molecule has 0 aliphatic rings. The van der Waals surface area contributed by atoms with Crippen molar-refractivity contribution in [3.63, 3.8) is 0 Å². The number of tetrazole rings is 1. The molecule has 1 aromatic heterocycles. The highest BCUT2D eigenvalue weighted by atomic mass is 16.5. The van der Waals surface area contributed by atoms with Crippen LogP contribution in [0.2, 0.25) is 0 Å². The molecule has 0 unspecified atom stereocenters. The molecule has 1 heterocycles. The van der Waals surface area contributed by atoms with Crippen molar-refractivity contribution >= 4 is 0 Å². The van der Waals surface area contributed by atoms with E-state index in [1.54, 1.807) is 7.11 Å². The van der Waals surface area contributed by atoms with Crippen molar-refractivity contribution in [3.8, 4) is 11.4 Å². The average Bonchev–Trinajstić information content (AvgIpc) is 2.87. The molecule has 6 nitrogen and oxygen atoms in total. The summed E-state index contributed by atoms with van der Waals surface area (Å²) in [6, 6.07) is 5.92. The summed E-state index contributed by atoms with van der Waals surface area (Å²) < 4.78 is 5.33. The summed E-state index contributed by atoms with van der Waals surface area (Å²) in [4.78, 5) is 1.44. The molecule has 6 heteroatoms. The van der Waals surface area contributed by atoms with Crippen LogP contribution in [0.5, 0.6) is 5.75 Å². The van der Waals surface area contributed by atoms with Crippen LogP contribution >= 0.6 is 0 Å². The zero-order valence-electron chi connectivity index (χ0n) is 11.4. The molecule has 1 N–H and O–H groups in total. The second kappa shape index (κ2) is 5.79. The fourth-order valence-corrected chi connectivity index (χ4v) is 1.77. The molecule has 0 aliphatic heterocycles. The van der Waals surface area contributed by atoms with Gasteiger partial charge in [0.1, 0.15) is 11.4 Å². The zero-order valence-corrected chi connectivity index (χ0v) is 11.4. The first-order valence-corrected chi connectivity index (χ1v) is 6.23. The number of nitrogens with zero attached hydrogens (tertiary/aromatic N) is 4. The minimum absolute atomic E-state index is 0.00879. The third-order valence-electron chi connectivity index (χ3n) is 2.88. The van der Waals surface area contributed by atoms with E-state index < -0.39 is 0 Å². The highest BCUT2D eigenvalue weighted by molar-refractivity contribution is 5.48. The molecule has 0 amide bonds. The maximum atomic E-state index is 8.88. The van der Waals surface area contributed by atoms with Gasteiger partial charge in [0, 0.05) is 6.42 Å². The van der Waals surface area contributed by atoms with Crippen molar-refractivity contribution in [1.82, 2.24) is 20.2 Å². The highest BCUT2D eigenvalue weighted by Gasteiger charge is 2.12. The van der Waals surface area contributed by atoms with Crippen molar-refractivity contribution in [3.05, 3.63) is 29.6 Å². The van der Waals surface area contributed by atoms with Crippen LogP contribution in [-0.2, 0) is 6.42 Å². The first-order valence-electron chi connectivity index (χ1n) is 6.23. The Labute approximate surface area is 112 Å². The molecule has 0 saturated carbocycles. The first kappa shape index (κ1) is 13.5. The molecule has 19 heavy (non-hydrogen) atoms. The van der Waals surface area contributed by atoms with Crippen molar-refractivity contribution < 1.29 is 9.84 Å². The van der Waals surface area contributed by atoms with E-state index in [4.69, 9.17) is 9.84 Å². The van der Waals surface area contributed by atoms with E-state index in [0.717, 1.165) is 5.69 Å². The quantitative estimate of drug-likeness (QED) is 0.880. The van der Waals surface area contributed by atoms with Crippen molar-refractivity contribution in [2.45, 2.75) is 26.2 Å². The zero-order chi connectivity index (χ0) is 13.8. The summed E-state index contributed by atoms with van der Waals surface area (Å²) in [5.41, 5.74) is 1.93. The average molecular weight is 262 g/mol. The number of aliphatic hydroxyl groups is 1. The van der Waals surface area contributed by atoms with Gasteiger partial charge in [0.15, 0.2) is 5.82 Å². The molecule has 0 spiro atoms. The summed E-state index contributed by atoms with van der Waals surface area (Å²) in [7, 11) is 1.61. The van der Waals surface area contributed by atoms with Gasteiger partial charge in [0.05, 0.1) is 13.7 Å². The van der Waals surface area contributed by atoms with E-state index in [0.29, 0.717) is 23.9 Å². The van der Waals surface area contributed by atoms with Crippen molar-refractivity contribution in [1.29, 1.82) is 0 Å². The number of hydrogen-bond acceptors (Lipinski definition) is 5. The Bertz CT molecular complexity index is 551. The Morgan fingerprint density at radius 3 is 2.79 bits per heavy atom. The molecule has 0 radical (unpaired) electrons. The molecule has 102 valence electrons. The Morgan fingerprint density at radius 1 is 1.37 bits per heavy atom. The van der Waals surface area contributed by atoms with E-state index >= 15 is 0 Å². The lowest BCUT2D eigenvalue weighted by Gasteiger charge is -2.11. The standard InChI is InChI=1S/C13H18N4O2/c1-9(2)10-4-5-12(19-3)11(8-10)17-15-13(6-7-18)14-16-17/h4-5,8-9,18H,6-7H2,1-3H3. The largest absolute Gasteiger partial charge is 0.494 e. The van der Waals surface area contributed by atoms with Gasteiger partial charge >= 0.3 is 0 Å². The lowest BCUT2D eigenvalue weighted by atomic mass is 10.0. The van der Waals surface area contributed by atoms with Crippen LogP contribution in [-0.4, -0.2) is 39.0 Å². The van der Waals surface area contributed by atoms with Gasteiger partial charge in [-0.2, -0.15) is 0 Å². The van der Waals surface area contributed by atoms with Gasteiger partial charge in [-0.15, -0.1) is 15.0 Å². The maximum absolute atomic E-state index is 8.88. The van der Waals surface area contributed by atoms with Crippen LogP contribution in [0.1, 0.15) is 31.2 Å². The van der Waals surface area contributed by atoms with Crippen LogP contribution in [0.3, 0.4) is 0 Å². The van der Waals surface area contributed by atoms with Crippen LogP contribution in [0.25, 0.3) is 5.69 Å². The highest BCUT2D eigenvalue weighted by Crippen LogP contribution is 2.26. The third-order valence-corrected chi connectivity index (χ3v) is 2.88. The topological polar surface area (TPSA) is 73.1 Å². The van der Waals surface area contributed by atoms with E-state index in [9.17, 15) is 0 Å². The van der Waals surface area contributed by atoms with Gasteiger partial charge in [-0.05, 0) is 28.8 Å². The second-order valence-electron chi connectivity index (χ2n) is 4.55. The Kier molecular flexibility index (Phi) is 4.11. The summed E-state index contributed by atoms with van der Waals surface area (Å²) in [5.74, 6) is 1.61.